The van der Waals surface area contributed by atoms with Gasteiger partial charge in [-0.25, -0.2) is 18.2 Å². The lowest BCUT2D eigenvalue weighted by molar-refractivity contribution is -0.384. The molecule has 4 rings (SSSR count). The molecule has 0 aliphatic carbocycles. The molecule has 0 aliphatic heterocycles. The Kier molecular flexibility index (Phi) is 7.86. The third-order valence-electron chi connectivity index (χ3n) is 5.92. The van der Waals surface area contributed by atoms with E-state index in [4.69, 9.17) is 0 Å². The molecule has 200 valence electrons. The zero-order chi connectivity index (χ0) is 28.2. The number of aromatic nitrogens is 1. The van der Waals surface area contributed by atoms with Gasteiger partial charge in [0.2, 0.25) is 0 Å². The van der Waals surface area contributed by atoms with Gasteiger partial charge in [-0.05, 0) is 56.3 Å². The van der Waals surface area contributed by atoms with Gasteiger partial charge >= 0.3 is 0 Å². The molecule has 10 nitrogen and oxygen atoms in total. The molecule has 0 spiro atoms. The number of nitro groups is 1. The summed E-state index contributed by atoms with van der Waals surface area (Å²) in [4.78, 5) is 23.2. The lowest BCUT2D eigenvalue weighted by Gasteiger charge is -2.23. The minimum atomic E-state index is -4.19. The summed E-state index contributed by atoms with van der Waals surface area (Å²) in [6, 6.07) is 20.5. The molecule has 0 fully saturated rings. The molecule has 1 amide bonds. The van der Waals surface area contributed by atoms with Crippen molar-refractivity contribution in [3.05, 3.63) is 118 Å². The number of anilines is 1. The Morgan fingerprint density at radius 3 is 2.33 bits per heavy atom. The molecule has 0 saturated heterocycles. The highest BCUT2D eigenvalue weighted by Gasteiger charge is 2.27. The molecule has 0 saturated carbocycles. The van der Waals surface area contributed by atoms with Crippen molar-refractivity contribution in [2.45, 2.75) is 18.7 Å². The standard InChI is InChI=1S/C27H24FN5O5S/c1-19-16-21(20(2)32(19)26-11-7-6-10-25(26)28)17-29-30-27(34)18-31(22-12-14-23(15-13-22)33(35)36)39(37,38)24-8-4-3-5-9-24/h3-17H,18H2,1-2H3,(H,30,34)/b29-17+. The van der Waals surface area contributed by atoms with Crippen molar-refractivity contribution in [1.29, 1.82) is 0 Å². The molecule has 0 radical (unpaired) electrons. The summed E-state index contributed by atoms with van der Waals surface area (Å²) in [5, 5.41) is 15.0. The average molecular weight is 550 g/mol. The fourth-order valence-corrected chi connectivity index (χ4v) is 5.48. The number of halogens is 1. The number of amides is 1. The van der Waals surface area contributed by atoms with E-state index in [9.17, 15) is 27.7 Å². The van der Waals surface area contributed by atoms with Gasteiger partial charge in [-0.1, -0.05) is 30.3 Å². The minimum absolute atomic E-state index is 0.0553. The van der Waals surface area contributed by atoms with Crippen molar-refractivity contribution in [3.8, 4) is 5.69 Å². The molecule has 0 atom stereocenters. The number of nitrogens with one attached hydrogen (secondary N) is 1. The fraction of sp³-hybridized carbons (Fsp3) is 0.111. The Morgan fingerprint density at radius 2 is 1.69 bits per heavy atom. The highest BCUT2D eigenvalue weighted by molar-refractivity contribution is 7.92. The first kappa shape index (κ1) is 27.2. The van der Waals surface area contributed by atoms with Crippen LogP contribution >= 0.6 is 0 Å². The Balaban J connectivity index is 1.56. The molecule has 39 heavy (non-hydrogen) atoms. The van der Waals surface area contributed by atoms with Gasteiger partial charge in [-0.3, -0.25) is 19.2 Å². The number of benzene rings is 3. The van der Waals surface area contributed by atoms with E-state index in [-0.39, 0.29) is 22.1 Å². The zero-order valence-corrected chi connectivity index (χ0v) is 21.8. The summed E-state index contributed by atoms with van der Waals surface area (Å²) >= 11 is 0. The number of hydrogen-bond acceptors (Lipinski definition) is 6. The summed E-state index contributed by atoms with van der Waals surface area (Å²) in [6.45, 7) is 2.96. The molecule has 1 heterocycles. The van der Waals surface area contributed by atoms with Crippen LogP contribution in [-0.4, -0.2) is 36.6 Å². The normalized spacial score (nSPS) is 11.5. The molecule has 3 aromatic carbocycles. The van der Waals surface area contributed by atoms with Gasteiger partial charge in [0.15, 0.2) is 0 Å². The van der Waals surface area contributed by atoms with Crippen molar-refractivity contribution >= 4 is 33.5 Å². The van der Waals surface area contributed by atoms with Crippen molar-refractivity contribution < 1.29 is 22.5 Å². The number of non-ortho nitro benzene ring substituents is 1. The lowest BCUT2D eigenvalue weighted by Crippen LogP contribution is -2.39. The van der Waals surface area contributed by atoms with Crippen LogP contribution in [0.1, 0.15) is 17.0 Å². The summed E-state index contributed by atoms with van der Waals surface area (Å²) in [5.74, 6) is -1.13. The van der Waals surface area contributed by atoms with Gasteiger partial charge in [0.05, 0.1) is 27.4 Å². The smallest absolute Gasteiger partial charge is 0.269 e. The molecule has 0 aliphatic rings. The van der Waals surface area contributed by atoms with E-state index >= 15 is 0 Å². The first-order valence-electron chi connectivity index (χ1n) is 11.7. The number of sulfonamides is 1. The monoisotopic (exact) mass is 549 g/mol. The summed E-state index contributed by atoms with van der Waals surface area (Å²) in [7, 11) is -4.19. The van der Waals surface area contributed by atoms with E-state index in [1.807, 2.05) is 6.92 Å². The highest BCUT2D eigenvalue weighted by Crippen LogP contribution is 2.26. The second kappa shape index (κ2) is 11.3. The number of rotatable bonds is 9. The molecule has 1 N–H and O–H groups in total. The quantitative estimate of drug-likeness (QED) is 0.187. The van der Waals surface area contributed by atoms with Gasteiger partial charge in [0.1, 0.15) is 12.4 Å². The fourth-order valence-electron chi connectivity index (χ4n) is 4.04. The minimum Gasteiger partial charge on any atom is -0.315 e. The van der Waals surface area contributed by atoms with Gasteiger partial charge < -0.3 is 4.57 Å². The van der Waals surface area contributed by atoms with Gasteiger partial charge in [0, 0.05) is 29.1 Å². The first-order chi connectivity index (χ1) is 18.6. The Morgan fingerprint density at radius 1 is 1.05 bits per heavy atom. The number of para-hydroxylation sites is 1. The van der Waals surface area contributed by atoms with E-state index in [0.29, 0.717) is 16.9 Å². The molecule has 0 unspecified atom stereocenters. The van der Waals surface area contributed by atoms with E-state index < -0.39 is 27.4 Å². The van der Waals surface area contributed by atoms with Crippen LogP contribution in [0, 0.1) is 29.8 Å². The predicted octanol–water partition coefficient (Wildman–Crippen LogP) is 4.49. The summed E-state index contributed by atoms with van der Waals surface area (Å²) in [6.07, 6.45) is 1.39. The van der Waals surface area contributed by atoms with Gasteiger partial charge in [0.25, 0.3) is 21.6 Å². The molecule has 12 heteroatoms. The molecule has 4 aromatic rings. The molecular formula is C27H24FN5O5S. The van der Waals surface area contributed by atoms with Crippen LogP contribution in [0.2, 0.25) is 0 Å². The van der Waals surface area contributed by atoms with Crippen molar-refractivity contribution in [1.82, 2.24) is 9.99 Å². The van der Waals surface area contributed by atoms with Crippen LogP contribution in [0.5, 0.6) is 0 Å². The van der Waals surface area contributed by atoms with Crippen LogP contribution in [0.4, 0.5) is 15.8 Å². The van der Waals surface area contributed by atoms with E-state index in [1.54, 1.807) is 54.0 Å². The number of carbonyl (C=O) groups excluding carboxylic acids is 1. The molecular weight excluding hydrogens is 525 g/mol. The third-order valence-corrected chi connectivity index (χ3v) is 7.71. The SMILES string of the molecule is Cc1cc(/C=N/NC(=O)CN(c2ccc([N+](=O)[O-])cc2)S(=O)(=O)c2ccccc2)c(C)n1-c1ccccc1F. The predicted molar refractivity (Wildman–Crippen MR) is 145 cm³/mol. The summed E-state index contributed by atoms with van der Waals surface area (Å²) < 4.78 is 43.7. The van der Waals surface area contributed by atoms with Crippen LogP contribution in [-0.2, 0) is 14.8 Å². The Hall–Kier alpha value is -4.84. The topological polar surface area (TPSA) is 127 Å². The maximum Gasteiger partial charge on any atom is 0.269 e. The summed E-state index contributed by atoms with van der Waals surface area (Å²) in [5.41, 5.74) is 4.61. The van der Waals surface area contributed by atoms with Crippen molar-refractivity contribution in [2.24, 2.45) is 5.10 Å². The van der Waals surface area contributed by atoms with E-state index in [0.717, 1.165) is 22.1 Å². The number of nitrogens with zero attached hydrogens (tertiary/aromatic N) is 4. The van der Waals surface area contributed by atoms with E-state index in [2.05, 4.69) is 10.5 Å². The van der Waals surface area contributed by atoms with Crippen LogP contribution < -0.4 is 9.73 Å². The molecule has 0 bridgehead atoms. The van der Waals surface area contributed by atoms with Crippen LogP contribution in [0.15, 0.2) is 94.9 Å². The van der Waals surface area contributed by atoms with Gasteiger partial charge in [-0.15, -0.1) is 0 Å². The number of carbonyl (C=O) groups is 1. The van der Waals surface area contributed by atoms with Crippen molar-refractivity contribution in [2.75, 3.05) is 10.8 Å². The zero-order valence-electron chi connectivity index (χ0n) is 21.0. The number of nitro benzene ring substituents is 1. The second-order valence-electron chi connectivity index (χ2n) is 8.50. The Labute approximate surface area is 224 Å². The van der Waals surface area contributed by atoms with Crippen LogP contribution in [0.3, 0.4) is 0 Å². The Bertz CT molecular complexity index is 1650. The molecule has 1 aromatic heterocycles. The van der Waals surface area contributed by atoms with Gasteiger partial charge in [-0.2, -0.15) is 5.10 Å². The van der Waals surface area contributed by atoms with E-state index in [1.165, 1.54) is 36.5 Å². The van der Waals surface area contributed by atoms with Crippen LogP contribution in [0.25, 0.3) is 5.69 Å². The average Bonchev–Trinajstić information content (AvgIpc) is 3.20. The third kappa shape index (κ3) is 5.85. The number of aryl methyl sites for hydroxylation is 1. The first-order valence-corrected chi connectivity index (χ1v) is 13.1. The number of hydrazone groups is 1. The lowest BCUT2D eigenvalue weighted by atomic mass is 10.2. The highest BCUT2D eigenvalue weighted by atomic mass is 32.2. The number of hydrogen-bond donors (Lipinski definition) is 1. The van der Waals surface area contributed by atoms with Crippen molar-refractivity contribution in [3.63, 3.8) is 0 Å². The second-order valence-corrected chi connectivity index (χ2v) is 10.4. The maximum atomic E-state index is 14.3. The largest absolute Gasteiger partial charge is 0.315 e. The maximum absolute atomic E-state index is 14.3.